The second-order valence-corrected chi connectivity index (χ2v) is 7.05. The van der Waals surface area contributed by atoms with Gasteiger partial charge in [0.05, 0.1) is 23.1 Å². The van der Waals surface area contributed by atoms with Crippen LogP contribution in [0.25, 0.3) is 22.2 Å². The zero-order valence-electron chi connectivity index (χ0n) is 14.8. The maximum absolute atomic E-state index is 4.51. The van der Waals surface area contributed by atoms with Crippen molar-refractivity contribution in [2.45, 2.75) is 24.7 Å². The first kappa shape index (κ1) is 15.9. The van der Waals surface area contributed by atoms with Crippen LogP contribution < -0.4 is 5.32 Å². The minimum Gasteiger partial charge on any atom is -0.368 e. The van der Waals surface area contributed by atoms with E-state index in [1.165, 1.54) is 6.42 Å². The van der Waals surface area contributed by atoms with Gasteiger partial charge >= 0.3 is 0 Å². The molecule has 0 amide bonds. The molecule has 0 atom stereocenters. The molecule has 3 aromatic heterocycles. The Balaban J connectivity index is 1.32. The van der Waals surface area contributed by atoms with Crippen molar-refractivity contribution in [2.75, 3.05) is 11.9 Å². The maximum Gasteiger partial charge on any atom is 0.148 e. The lowest BCUT2D eigenvalue weighted by molar-refractivity contribution is 0.252. The number of nitrogens with one attached hydrogen (secondary N) is 2. The van der Waals surface area contributed by atoms with Gasteiger partial charge in [-0.15, -0.1) is 10.2 Å². The molecule has 7 heteroatoms. The van der Waals surface area contributed by atoms with Gasteiger partial charge in [-0.25, -0.2) is 0 Å². The molecule has 1 aliphatic rings. The van der Waals surface area contributed by atoms with Crippen molar-refractivity contribution in [2.24, 2.45) is 0 Å². The van der Waals surface area contributed by atoms with Crippen molar-refractivity contribution < 1.29 is 0 Å². The lowest BCUT2D eigenvalue weighted by atomic mass is 9.66. The quantitative estimate of drug-likeness (QED) is 0.569. The molecule has 4 aromatic rings. The second kappa shape index (κ2) is 6.42. The number of H-pyrrole nitrogens is 1. The summed E-state index contributed by atoms with van der Waals surface area (Å²) < 4.78 is 0. The van der Waals surface area contributed by atoms with Gasteiger partial charge in [-0.05, 0) is 37.1 Å². The van der Waals surface area contributed by atoms with Gasteiger partial charge in [0, 0.05) is 41.5 Å². The molecule has 5 rings (SSSR count). The maximum atomic E-state index is 4.51. The zero-order valence-corrected chi connectivity index (χ0v) is 14.8. The minimum absolute atomic E-state index is 0.0565. The topological polar surface area (TPSA) is 92.3 Å². The average molecular weight is 357 g/mol. The fraction of sp³-hybridized carbons (Fsp3) is 0.250. The normalized spacial score (nSPS) is 15.4. The Kier molecular flexibility index (Phi) is 3.78. The van der Waals surface area contributed by atoms with E-state index in [-0.39, 0.29) is 5.41 Å². The number of fused-ring (bicyclic) bond motifs is 1. The van der Waals surface area contributed by atoms with Crippen LogP contribution in [0.2, 0.25) is 0 Å². The lowest BCUT2D eigenvalue weighted by Gasteiger charge is -2.41. The number of aromatic amines is 1. The monoisotopic (exact) mass is 357 g/mol. The highest BCUT2D eigenvalue weighted by molar-refractivity contribution is 5.83. The molecule has 0 aliphatic heterocycles. The average Bonchev–Trinajstić information content (AvgIpc) is 3.16. The van der Waals surface area contributed by atoms with Gasteiger partial charge in [0.1, 0.15) is 5.82 Å². The summed E-state index contributed by atoms with van der Waals surface area (Å²) in [5.41, 5.74) is 4.00. The fourth-order valence-electron chi connectivity index (χ4n) is 3.64. The van der Waals surface area contributed by atoms with Crippen molar-refractivity contribution in [3.8, 4) is 11.3 Å². The fourth-order valence-corrected chi connectivity index (χ4v) is 3.64. The molecule has 1 saturated carbocycles. The Bertz CT molecular complexity index is 1050. The Morgan fingerprint density at radius 3 is 2.74 bits per heavy atom. The molecule has 3 heterocycles. The van der Waals surface area contributed by atoms with E-state index in [0.29, 0.717) is 0 Å². The van der Waals surface area contributed by atoms with Crippen LogP contribution in [0.1, 0.15) is 25.0 Å². The van der Waals surface area contributed by atoms with E-state index in [0.717, 1.165) is 53.1 Å². The highest BCUT2D eigenvalue weighted by atomic mass is 15.2. The number of aromatic nitrogens is 6. The van der Waals surface area contributed by atoms with Crippen LogP contribution in [0, 0.1) is 0 Å². The Morgan fingerprint density at radius 1 is 1.04 bits per heavy atom. The van der Waals surface area contributed by atoms with Crippen molar-refractivity contribution in [3.05, 3.63) is 60.8 Å². The third-order valence-corrected chi connectivity index (χ3v) is 5.43. The first-order chi connectivity index (χ1) is 13.3. The van der Waals surface area contributed by atoms with Gasteiger partial charge in [0.15, 0.2) is 0 Å². The summed E-state index contributed by atoms with van der Waals surface area (Å²) in [6, 6.07) is 10.1. The molecule has 0 unspecified atom stereocenters. The second-order valence-electron chi connectivity index (χ2n) is 7.05. The van der Waals surface area contributed by atoms with E-state index < -0.39 is 0 Å². The van der Waals surface area contributed by atoms with Crippen molar-refractivity contribution in [1.82, 2.24) is 30.4 Å². The summed E-state index contributed by atoms with van der Waals surface area (Å²) in [4.78, 5) is 8.74. The van der Waals surface area contributed by atoms with Crippen LogP contribution >= 0.6 is 0 Å². The van der Waals surface area contributed by atoms with E-state index in [2.05, 4.69) is 41.7 Å². The van der Waals surface area contributed by atoms with Crippen LogP contribution in [-0.4, -0.2) is 36.9 Å². The molecule has 1 fully saturated rings. The summed E-state index contributed by atoms with van der Waals surface area (Å²) in [5.74, 6) is 0.776. The van der Waals surface area contributed by atoms with E-state index in [9.17, 15) is 0 Å². The van der Waals surface area contributed by atoms with E-state index >= 15 is 0 Å². The van der Waals surface area contributed by atoms with Crippen LogP contribution in [0.3, 0.4) is 0 Å². The largest absolute Gasteiger partial charge is 0.368 e. The minimum atomic E-state index is 0.0565. The van der Waals surface area contributed by atoms with Crippen molar-refractivity contribution >= 4 is 16.7 Å². The Labute approximate surface area is 156 Å². The number of benzene rings is 1. The number of rotatable bonds is 5. The predicted octanol–water partition coefficient (Wildman–Crippen LogP) is 3.34. The molecule has 0 saturated heterocycles. The molecular weight excluding hydrogens is 338 g/mol. The molecule has 7 nitrogen and oxygen atoms in total. The molecular formula is C20H19N7. The summed E-state index contributed by atoms with van der Waals surface area (Å²) >= 11 is 0. The van der Waals surface area contributed by atoms with Gasteiger partial charge < -0.3 is 5.32 Å². The first-order valence-corrected chi connectivity index (χ1v) is 9.10. The standard InChI is InChI=1S/C20H19N7/c1-6-20(7-1,18-12-21-8-9-22-18)13-23-19-5-4-16(26-27-19)14-2-3-17-15(10-14)11-24-25-17/h2-5,8-12H,1,6-7,13H2,(H,23,27)(H,24,25). The lowest BCUT2D eigenvalue weighted by Crippen LogP contribution is -2.41. The predicted molar refractivity (Wildman–Crippen MR) is 103 cm³/mol. The highest BCUT2D eigenvalue weighted by Crippen LogP contribution is 2.42. The number of hydrogen-bond donors (Lipinski definition) is 2. The summed E-state index contributed by atoms with van der Waals surface area (Å²) in [7, 11) is 0. The SMILES string of the molecule is c1cnc(C2(CNc3ccc(-c4ccc5[nH]ncc5c4)nn3)CCC2)cn1. The highest BCUT2D eigenvalue weighted by Gasteiger charge is 2.40. The Morgan fingerprint density at radius 2 is 2.00 bits per heavy atom. The third kappa shape index (κ3) is 2.91. The van der Waals surface area contributed by atoms with Crippen LogP contribution in [0.4, 0.5) is 5.82 Å². The van der Waals surface area contributed by atoms with Crippen molar-refractivity contribution in [1.29, 1.82) is 0 Å². The van der Waals surface area contributed by atoms with Gasteiger partial charge in [0.2, 0.25) is 0 Å². The number of hydrogen-bond acceptors (Lipinski definition) is 6. The van der Waals surface area contributed by atoms with E-state index in [1.807, 2.05) is 36.7 Å². The van der Waals surface area contributed by atoms with Gasteiger partial charge in [0.25, 0.3) is 0 Å². The number of anilines is 1. The molecule has 1 aromatic carbocycles. The molecule has 0 spiro atoms. The van der Waals surface area contributed by atoms with Crippen molar-refractivity contribution in [3.63, 3.8) is 0 Å². The molecule has 134 valence electrons. The molecule has 2 N–H and O–H groups in total. The van der Waals surface area contributed by atoms with Gasteiger partial charge in [-0.2, -0.15) is 5.10 Å². The van der Waals surface area contributed by atoms with E-state index in [1.54, 1.807) is 12.4 Å². The summed E-state index contributed by atoms with van der Waals surface area (Å²) in [5, 5.41) is 20.3. The summed E-state index contributed by atoms with van der Waals surface area (Å²) in [6.07, 6.45) is 10.6. The van der Waals surface area contributed by atoms with Crippen LogP contribution in [0.15, 0.2) is 55.1 Å². The number of nitrogens with zero attached hydrogens (tertiary/aromatic N) is 5. The third-order valence-electron chi connectivity index (χ3n) is 5.43. The molecule has 27 heavy (non-hydrogen) atoms. The smallest absolute Gasteiger partial charge is 0.148 e. The first-order valence-electron chi connectivity index (χ1n) is 9.10. The molecule has 0 radical (unpaired) electrons. The van der Waals surface area contributed by atoms with Crippen LogP contribution in [-0.2, 0) is 5.41 Å². The van der Waals surface area contributed by atoms with Gasteiger partial charge in [-0.1, -0.05) is 12.5 Å². The van der Waals surface area contributed by atoms with Gasteiger partial charge in [-0.3, -0.25) is 15.1 Å². The van der Waals surface area contributed by atoms with E-state index in [4.69, 9.17) is 0 Å². The molecule has 0 bridgehead atoms. The Hall–Kier alpha value is -3.35. The van der Waals surface area contributed by atoms with Crippen LogP contribution in [0.5, 0.6) is 0 Å². The zero-order chi connectivity index (χ0) is 18.1. The summed E-state index contributed by atoms with van der Waals surface area (Å²) in [6.45, 7) is 0.792. The molecule has 1 aliphatic carbocycles.